The van der Waals surface area contributed by atoms with Gasteiger partial charge in [-0.15, -0.1) is 0 Å². The second kappa shape index (κ2) is 6.34. The minimum absolute atomic E-state index is 0.0103. The predicted octanol–water partition coefficient (Wildman–Crippen LogP) is 2.70. The third-order valence-electron chi connectivity index (χ3n) is 3.32. The van der Waals surface area contributed by atoms with Crippen molar-refractivity contribution in [2.75, 3.05) is 0 Å². The molecular formula is C13H18FNO3S. The fourth-order valence-electron chi connectivity index (χ4n) is 2.35. The van der Waals surface area contributed by atoms with Crippen LogP contribution >= 0.6 is 0 Å². The minimum Gasteiger partial charge on any atom is -0.358 e. The molecule has 1 aromatic carbocycles. The maximum absolute atomic E-state index is 12.3. The van der Waals surface area contributed by atoms with Crippen molar-refractivity contribution < 1.29 is 16.5 Å². The van der Waals surface area contributed by atoms with Crippen LogP contribution in [-0.2, 0) is 17.0 Å². The Balaban J connectivity index is 1.84. The first-order chi connectivity index (χ1) is 9.03. The van der Waals surface area contributed by atoms with Gasteiger partial charge in [0.25, 0.3) is 0 Å². The van der Waals surface area contributed by atoms with Crippen LogP contribution < -0.4 is 9.50 Å². The van der Waals surface area contributed by atoms with E-state index in [1.807, 2.05) is 0 Å². The third kappa shape index (κ3) is 5.16. The van der Waals surface area contributed by atoms with Crippen LogP contribution in [0.5, 0.6) is 5.75 Å². The molecule has 1 fully saturated rings. The van der Waals surface area contributed by atoms with E-state index in [4.69, 9.17) is 0 Å². The number of halogens is 1. The number of nitrogens with one attached hydrogen (secondary N) is 1. The Hall–Kier alpha value is -1.14. The molecule has 1 aromatic rings. The monoisotopic (exact) mass is 287 g/mol. The summed E-state index contributed by atoms with van der Waals surface area (Å²) in [5.74, 6) is -0.0103. The van der Waals surface area contributed by atoms with Gasteiger partial charge < -0.3 is 9.50 Å². The highest BCUT2D eigenvalue weighted by atomic mass is 32.3. The minimum atomic E-state index is -4.94. The molecule has 1 N–H and O–H groups in total. The van der Waals surface area contributed by atoms with Gasteiger partial charge in [-0.2, -0.15) is 8.42 Å². The van der Waals surface area contributed by atoms with E-state index in [9.17, 15) is 12.3 Å². The Bertz CT molecular complexity index is 495. The predicted molar refractivity (Wildman–Crippen MR) is 70.8 cm³/mol. The number of hydrogen-bond donors (Lipinski definition) is 1. The number of hydrogen-bond acceptors (Lipinski definition) is 4. The normalized spacial score (nSPS) is 17.3. The fourth-order valence-corrected chi connectivity index (χ4v) is 2.69. The summed E-state index contributed by atoms with van der Waals surface area (Å²) in [6, 6.07) is 6.94. The Morgan fingerprint density at radius 1 is 1.16 bits per heavy atom. The van der Waals surface area contributed by atoms with E-state index in [1.54, 1.807) is 12.1 Å². The highest BCUT2D eigenvalue weighted by molar-refractivity contribution is 7.81. The molecule has 0 spiro atoms. The lowest BCUT2D eigenvalue weighted by atomic mass is 9.95. The Labute approximate surface area is 113 Å². The molecule has 2 rings (SSSR count). The van der Waals surface area contributed by atoms with Crippen molar-refractivity contribution in [3.63, 3.8) is 0 Å². The second-order valence-corrected chi connectivity index (χ2v) is 5.79. The summed E-state index contributed by atoms with van der Waals surface area (Å²) in [6.07, 6.45) is 6.29. The quantitative estimate of drug-likeness (QED) is 0.846. The SMILES string of the molecule is O=S(=O)(F)Oc1ccc(CNC2CCCCC2)cc1. The van der Waals surface area contributed by atoms with E-state index in [-0.39, 0.29) is 5.75 Å². The van der Waals surface area contributed by atoms with E-state index in [0.717, 1.165) is 12.1 Å². The molecule has 0 aliphatic heterocycles. The molecule has 0 saturated heterocycles. The average molecular weight is 287 g/mol. The van der Waals surface area contributed by atoms with Crippen molar-refractivity contribution in [3.05, 3.63) is 29.8 Å². The van der Waals surface area contributed by atoms with Crippen LogP contribution in [0.25, 0.3) is 0 Å². The zero-order chi connectivity index (χ0) is 13.7. The van der Waals surface area contributed by atoms with Crippen LogP contribution in [0.4, 0.5) is 3.89 Å². The lowest BCUT2D eigenvalue weighted by molar-refractivity contribution is 0.372. The summed E-state index contributed by atoms with van der Waals surface area (Å²) in [5, 5.41) is 3.47. The fraction of sp³-hybridized carbons (Fsp3) is 0.538. The Morgan fingerprint density at radius 3 is 2.37 bits per heavy atom. The highest BCUT2D eigenvalue weighted by Gasteiger charge is 2.12. The third-order valence-corrected chi connectivity index (χ3v) is 3.71. The van der Waals surface area contributed by atoms with Gasteiger partial charge in [0, 0.05) is 12.6 Å². The number of benzene rings is 1. The van der Waals surface area contributed by atoms with Crippen LogP contribution in [0.1, 0.15) is 37.7 Å². The molecule has 6 heteroatoms. The summed E-state index contributed by atoms with van der Waals surface area (Å²) < 4.78 is 37.1. The van der Waals surface area contributed by atoms with Gasteiger partial charge >= 0.3 is 10.5 Å². The first-order valence-electron chi connectivity index (χ1n) is 6.49. The molecule has 4 nitrogen and oxygen atoms in total. The smallest absolute Gasteiger partial charge is 0.358 e. The van der Waals surface area contributed by atoms with E-state index in [0.29, 0.717) is 6.04 Å². The Morgan fingerprint density at radius 2 is 1.79 bits per heavy atom. The molecule has 0 unspecified atom stereocenters. The Kier molecular flexibility index (Phi) is 4.76. The van der Waals surface area contributed by atoms with Crippen molar-refractivity contribution in [1.82, 2.24) is 5.32 Å². The summed E-state index contributed by atoms with van der Waals surface area (Å²) >= 11 is 0. The molecular weight excluding hydrogens is 269 g/mol. The van der Waals surface area contributed by atoms with Crippen LogP contribution in [0.15, 0.2) is 24.3 Å². The van der Waals surface area contributed by atoms with Gasteiger partial charge in [0.1, 0.15) is 5.75 Å². The zero-order valence-corrected chi connectivity index (χ0v) is 11.5. The molecule has 0 bridgehead atoms. The van der Waals surface area contributed by atoms with E-state index < -0.39 is 10.5 Å². The zero-order valence-electron chi connectivity index (χ0n) is 10.6. The molecule has 0 aromatic heterocycles. The summed E-state index contributed by atoms with van der Waals surface area (Å²) in [6.45, 7) is 0.729. The molecule has 1 aliphatic carbocycles. The molecule has 1 saturated carbocycles. The van der Waals surface area contributed by atoms with Crippen molar-refractivity contribution in [2.45, 2.75) is 44.7 Å². The lowest BCUT2D eigenvalue weighted by Gasteiger charge is -2.22. The van der Waals surface area contributed by atoms with Crippen molar-refractivity contribution in [3.8, 4) is 5.75 Å². The van der Waals surface area contributed by atoms with Gasteiger partial charge in [-0.05, 0) is 30.5 Å². The summed E-state index contributed by atoms with van der Waals surface area (Å²) in [5.41, 5.74) is 1.02. The van der Waals surface area contributed by atoms with Crippen molar-refractivity contribution >= 4 is 10.5 Å². The summed E-state index contributed by atoms with van der Waals surface area (Å²) in [4.78, 5) is 0. The molecule has 0 heterocycles. The maximum Gasteiger partial charge on any atom is 0.488 e. The van der Waals surface area contributed by atoms with E-state index in [2.05, 4.69) is 9.50 Å². The molecule has 0 amide bonds. The maximum atomic E-state index is 12.3. The van der Waals surface area contributed by atoms with Gasteiger partial charge in [0.2, 0.25) is 0 Å². The van der Waals surface area contributed by atoms with Crippen molar-refractivity contribution in [2.24, 2.45) is 0 Å². The molecule has 0 atom stereocenters. The second-order valence-electron chi connectivity index (χ2n) is 4.84. The van der Waals surface area contributed by atoms with Gasteiger partial charge in [-0.3, -0.25) is 0 Å². The topological polar surface area (TPSA) is 55.4 Å². The van der Waals surface area contributed by atoms with Gasteiger partial charge in [-0.1, -0.05) is 35.3 Å². The van der Waals surface area contributed by atoms with Crippen LogP contribution in [-0.4, -0.2) is 14.5 Å². The molecule has 0 radical (unpaired) electrons. The van der Waals surface area contributed by atoms with Crippen LogP contribution in [0, 0.1) is 0 Å². The molecule has 19 heavy (non-hydrogen) atoms. The van der Waals surface area contributed by atoms with E-state index in [1.165, 1.54) is 44.2 Å². The molecule has 1 aliphatic rings. The standard InChI is InChI=1S/C13H18FNO3S/c14-19(16,17)18-13-8-6-11(7-9-13)10-15-12-4-2-1-3-5-12/h6-9,12,15H,1-5,10H2. The summed E-state index contributed by atoms with van der Waals surface area (Å²) in [7, 11) is -4.94. The molecule has 106 valence electrons. The van der Waals surface area contributed by atoms with Gasteiger partial charge in [0.05, 0.1) is 0 Å². The van der Waals surface area contributed by atoms with Gasteiger partial charge in [-0.25, -0.2) is 0 Å². The lowest BCUT2D eigenvalue weighted by Crippen LogP contribution is -2.30. The first kappa shape index (κ1) is 14.3. The first-order valence-corrected chi connectivity index (χ1v) is 7.80. The van der Waals surface area contributed by atoms with Crippen molar-refractivity contribution in [1.29, 1.82) is 0 Å². The largest absolute Gasteiger partial charge is 0.488 e. The van der Waals surface area contributed by atoms with Crippen LogP contribution in [0.2, 0.25) is 0 Å². The average Bonchev–Trinajstić information content (AvgIpc) is 2.37. The number of rotatable bonds is 5. The highest BCUT2D eigenvalue weighted by Crippen LogP contribution is 2.19. The van der Waals surface area contributed by atoms with Crippen LogP contribution in [0.3, 0.4) is 0 Å². The van der Waals surface area contributed by atoms with E-state index >= 15 is 0 Å². The van der Waals surface area contributed by atoms with Gasteiger partial charge in [0.15, 0.2) is 0 Å².